The van der Waals surface area contributed by atoms with Crippen LogP contribution in [0.2, 0.25) is 0 Å². The summed E-state index contributed by atoms with van der Waals surface area (Å²) < 4.78 is 27.7. The topological polar surface area (TPSA) is 104 Å². The van der Waals surface area contributed by atoms with Crippen molar-refractivity contribution in [2.75, 3.05) is 39.3 Å². The Kier molecular flexibility index (Phi) is 6.07. The number of rotatable bonds is 3. The van der Waals surface area contributed by atoms with E-state index in [1.165, 1.54) is 4.31 Å². The monoisotopic (exact) mass is 458 g/mol. The van der Waals surface area contributed by atoms with Gasteiger partial charge in [-0.15, -0.1) is 0 Å². The molecule has 2 heterocycles. The molecular formula is C17H23BrN4O4S. The van der Waals surface area contributed by atoms with Crippen LogP contribution in [0.5, 0.6) is 0 Å². The SMILES string of the molecule is NC(=O)N1CCC(C(=O)N2CCN(S(=O)(=O)c3ccc(Br)cc3)CC2)CC1. The van der Waals surface area contributed by atoms with Crippen LogP contribution in [-0.4, -0.2) is 73.7 Å². The third-order valence-corrected chi connectivity index (χ3v) is 7.60. The third-order valence-electron chi connectivity index (χ3n) is 5.16. The van der Waals surface area contributed by atoms with Crippen molar-refractivity contribution in [3.05, 3.63) is 28.7 Å². The summed E-state index contributed by atoms with van der Waals surface area (Å²) in [6.45, 7) is 2.30. The molecule has 0 radical (unpaired) electrons. The third kappa shape index (κ3) is 4.44. The van der Waals surface area contributed by atoms with Gasteiger partial charge in [0.05, 0.1) is 4.90 Å². The van der Waals surface area contributed by atoms with Gasteiger partial charge in [-0.05, 0) is 37.1 Å². The fourth-order valence-corrected chi connectivity index (χ4v) is 5.20. The van der Waals surface area contributed by atoms with Crippen molar-refractivity contribution in [2.45, 2.75) is 17.7 Å². The van der Waals surface area contributed by atoms with Gasteiger partial charge in [0.25, 0.3) is 0 Å². The van der Waals surface area contributed by atoms with Crippen LogP contribution in [-0.2, 0) is 14.8 Å². The van der Waals surface area contributed by atoms with Crippen molar-refractivity contribution in [3.63, 3.8) is 0 Å². The lowest BCUT2D eigenvalue weighted by molar-refractivity contribution is -0.138. The highest BCUT2D eigenvalue weighted by Crippen LogP contribution is 2.23. The molecule has 0 atom stereocenters. The predicted octanol–water partition coefficient (Wildman–Crippen LogP) is 1.07. The van der Waals surface area contributed by atoms with Gasteiger partial charge < -0.3 is 15.5 Å². The van der Waals surface area contributed by atoms with Crippen LogP contribution < -0.4 is 5.73 Å². The number of halogens is 1. The van der Waals surface area contributed by atoms with Gasteiger partial charge in [-0.25, -0.2) is 13.2 Å². The summed E-state index contributed by atoms with van der Waals surface area (Å²) >= 11 is 3.30. The molecule has 1 aromatic rings. The Morgan fingerprint density at radius 3 is 2.00 bits per heavy atom. The number of likely N-dealkylation sites (tertiary alicyclic amines) is 1. The van der Waals surface area contributed by atoms with Crippen LogP contribution >= 0.6 is 15.9 Å². The number of carbonyl (C=O) groups is 2. The number of sulfonamides is 1. The minimum atomic E-state index is -3.55. The van der Waals surface area contributed by atoms with E-state index in [2.05, 4.69) is 15.9 Å². The van der Waals surface area contributed by atoms with E-state index in [0.29, 0.717) is 39.0 Å². The van der Waals surface area contributed by atoms with E-state index >= 15 is 0 Å². The standard InChI is InChI=1S/C17H23BrN4O4S/c18-14-1-3-15(4-2-14)27(25,26)22-11-9-20(10-12-22)16(23)13-5-7-21(8-6-13)17(19)24/h1-4,13H,5-12H2,(H2,19,24). The molecule has 0 bridgehead atoms. The Morgan fingerprint density at radius 1 is 0.926 bits per heavy atom. The Bertz CT molecular complexity index is 799. The number of carbonyl (C=O) groups excluding carboxylic acids is 2. The molecule has 0 aliphatic carbocycles. The maximum absolute atomic E-state index is 12.7. The second kappa shape index (κ2) is 8.15. The van der Waals surface area contributed by atoms with Crippen LogP contribution in [0, 0.1) is 5.92 Å². The molecule has 148 valence electrons. The lowest BCUT2D eigenvalue weighted by Crippen LogP contribution is -2.53. The molecule has 8 nitrogen and oxygen atoms in total. The normalized spacial score (nSPS) is 19.9. The highest BCUT2D eigenvalue weighted by molar-refractivity contribution is 9.10. The summed E-state index contributed by atoms with van der Waals surface area (Å²) in [6, 6.07) is 6.09. The number of hydrogen-bond acceptors (Lipinski definition) is 4. The van der Waals surface area contributed by atoms with Crippen molar-refractivity contribution in [1.29, 1.82) is 0 Å². The quantitative estimate of drug-likeness (QED) is 0.731. The van der Waals surface area contributed by atoms with Crippen LogP contribution in [0.3, 0.4) is 0 Å². The summed E-state index contributed by atoms with van der Waals surface area (Å²) in [5, 5.41) is 0. The van der Waals surface area contributed by atoms with E-state index in [1.807, 2.05) is 0 Å². The van der Waals surface area contributed by atoms with Crippen molar-refractivity contribution < 1.29 is 18.0 Å². The smallest absolute Gasteiger partial charge is 0.314 e. The minimum absolute atomic E-state index is 0.0415. The van der Waals surface area contributed by atoms with Crippen molar-refractivity contribution in [2.24, 2.45) is 11.7 Å². The molecule has 0 aromatic heterocycles. The summed E-state index contributed by atoms with van der Waals surface area (Å²) in [7, 11) is -3.55. The average molecular weight is 459 g/mol. The molecule has 2 saturated heterocycles. The molecule has 0 spiro atoms. The Balaban J connectivity index is 1.56. The van der Waals surface area contributed by atoms with Crippen molar-refractivity contribution >= 4 is 37.9 Å². The van der Waals surface area contributed by atoms with E-state index in [0.717, 1.165) is 4.47 Å². The lowest BCUT2D eigenvalue weighted by Gasteiger charge is -2.37. The molecule has 2 aliphatic rings. The zero-order valence-electron chi connectivity index (χ0n) is 14.9. The highest BCUT2D eigenvalue weighted by Gasteiger charge is 2.34. The number of urea groups is 1. The van der Waals surface area contributed by atoms with Gasteiger partial charge in [0.1, 0.15) is 0 Å². The minimum Gasteiger partial charge on any atom is -0.351 e. The van der Waals surface area contributed by atoms with Gasteiger partial charge in [-0.3, -0.25) is 4.79 Å². The van der Waals surface area contributed by atoms with Crippen LogP contribution in [0.1, 0.15) is 12.8 Å². The van der Waals surface area contributed by atoms with Crippen molar-refractivity contribution in [3.8, 4) is 0 Å². The Labute approximate surface area is 167 Å². The first kappa shape index (κ1) is 20.1. The zero-order chi connectivity index (χ0) is 19.6. The van der Waals surface area contributed by atoms with E-state index in [9.17, 15) is 18.0 Å². The van der Waals surface area contributed by atoms with E-state index < -0.39 is 16.1 Å². The van der Waals surface area contributed by atoms with Crippen LogP contribution in [0.15, 0.2) is 33.6 Å². The number of benzene rings is 1. The summed E-state index contributed by atoms with van der Waals surface area (Å²) in [4.78, 5) is 27.4. The zero-order valence-corrected chi connectivity index (χ0v) is 17.3. The molecule has 2 N–H and O–H groups in total. The molecule has 3 rings (SSSR count). The second-order valence-corrected chi connectivity index (χ2v) is 9.64. The number of primary amides is 1. The van der Waals surface area contributed by atoms with Gasteiger partial charge in [0, 0.05) is 49.7 Å². The van der Waals surface area contributed by atoms with Crippen molar-refractivity contribution in [1.82, 2.24) is 14.1 Å². The molecule has 10 heteroatoms. The molecule has 0 unspecified atom stereocenters. The molecule has 1 aromatic carbocycles. The van der Waals surface area contributed by atoms with E-state index in [4.69, 9.17) is 5.73 Å². The summed E-state index contributed by atoms with van der Waals surface area (Å²) in [5.74, 6) is -0.0879. The predicted molar refractivity (Wildman–Crippen MR) is 103 cm³/mol. The van der Waals surface area contributed by atoms with Gasteiger partial charge in [-0.2, -0.15) is 4.31 Å². The Morgan fingerprint density at radius 2 is 1.48 bits per heavy atom. The molecule has 3 amide bonds. The fourth-order valence-electron chi connectivity index (χ4n) is 3.51. The molecule has 2 aliphatic heterocycles. The summed E-state index contributed by atoms with van der Waals surface area (Å²) in [6.07, 6.45) is 1.19. The maximum atomic E-state index is 12.7. The number of amides is 3. The number of nitrogens with two attached hydrogens (primary N) is 1. The fraction of sp³-hybridized carbons (Fsp3) is 0.529. The first-order valence-electron chi connectivity index (χ1n) is 8.88. The van der Waals surface area contributed by atoms with E-state index in [-0.39, 0.29) is 29.8 Å². The van der Waals surface area contributed by atoms with Gasteiger partial charge >= 0.3 is 6.03 Å². The summed E-state index contributed by atoms with van der Waals surface area (Å²) in [5.41, 5.74) is 5.27. The first-order chi connectivity index (χ1) is 12.8. The van der Waals surface area contributed by atoms with Crippen LogP contribution in [0.4, 0.5) is 4.79 Å². The van der Waals surface area contributed by atoms with Gasteiger partial charge in [-0.1, -0.05) is 15.9 Å². The molecular weight excluding hydrogens is 436 g/mol. The molecule has 2 fully saturated rings. The number of piperidine rings is 1. The molecule has 27 heavy (non-hydrogen) atoms. The molecule has 0 saturated carbocycles. The number of nitrogens with zero attached hydrogens (tertiary/aromatic N) is 3. The second-order valence-electron chi connectivity index (χ2n) is 6.78. The maximum Gasteiger partial charge on any atom is 0.314 e. The van der Waals surface area contributed by atoms with Gasteiger partial charge in [0.15, 0.2) is 0 Å². The average Bonchev–Trinajstić information content (AvgIpc) is 2.68. The van der Waals surface area contributed by atoms with E-state index in [1.54, 1.807) is 34.1 Å². The first-order valence-corrected chi connectivity index (χ1v) is 11.1. The van der Waals surface area contributed by atoms with Gasteiger partial charge in [0.2, 0.25) is 15.9 Å². The Hall–Kier alpha value is -1.65. The highest BCUT2D eigenvalue weighted by atomic mass is 79.9. The number of piperazine rings is 1. The number of hydrogen-bond donors (Lipinski definition) is 1. The van der Waals surface area contributed by atoms with Crippen LogP contribution in [0.25, 0.3) is 0 Å². The lowest BCUT2D eigenvalue weighted by atomic mass is 9.95. The largest absolute Gasteiger partial charge is 0.351 e.